The fourth-order valence-corrected chi connectivity index (χ4v) is 6.96. The van der Waals surface area contributed by atoms with E-state index in [1.807, 2.05) is 6.92 Å². The molecular weight excluding hydrogens is 542 g/mol. The van der Waals surface area contributed by atoms with Crippen molar-refractivity contribution in [2.45, 2.75) is 23.2 Å². The first-order valence-corrected chi connectivity index (χ1v) is 13.6. The second-order valence-electron chi connectivity index (χ2n) is 7.81. The molecule has 2 aliphatic heterocycles. The van der Waals surface area contributed by atoms with Crippen LogP contribution >= 0.6 is 34.9 Å². The lowest BCUT2D eigenvalue weighted by molar-refractivity contribution is -0.646. The summed E-state index contributed by atoms with van der Waals surface area (Å²) in [5.74, 6) is 4.73. The average Bonchev–Trinajstić information content (AvgIpc) is 3.31. The van der Waals surface area contributed by atoms with Gasteiger partial charge in [0.2, 0.25) is 11.9 Å². The van der Waals surface area contributed by atoms with E-state index >= 15 is 0 Å². The van der Waals surface area contributed by atoms with Gasteiger partial charge in [-0.25, -0.2) is 15.6 Å². The number of ether oxygens (including phenoxy) is 1. The molecule has 6 N–H and O–H groups in total. The predicted molar refractivity (Wildman–Crippen MR) is 139 cm³/mol. The number of carbonyl (C=O) groups is 3. The molecule has 196 valence electrons. The Balaban J connectivity index is 1.51. The molecule has 4 rings (SSSR count). The van der Waals surface area contributed by atoms with Crippen molar-refractivity contribution in [1.82, 2.24) is 15.2 Å². The summed E-state index contributed by atoms with van der Waals surface area (Å²) in [6.07, 6.45) is 1.69. The topological polar surface area (TPSA) is 186 Å². The smallest absolute Gasteiger partial charge is 0.352 e. The van der Waals surface area contributed by atoms with E-state index in [1.54, 1.807) is 17.6 Å². The summed E-state index contributed by atoms with van der Waals surface area (Å²) in [7, 11) is 2.81. The quantitative estimate of drug-likeness (QED) is 0.0794. The van der Waals surface area contributed by atoms with E-state index in [0.29, 0.717) is 28.5 Å². The van der Waals surface area contributed by atoms with Crippen molar-refractivity contribution < 1.29 is 33.7 Å². The second-order valence-corrected chi connectivity index (χ2v) is 10.8. The van der Waals surface area contributed by atoms with Gasteiger partial charge < -0.3 is 25.7 Å². The number of hydrogen-bond acceptors (Lipinski definition) is 12. The molecule has 0 spiro atoms. The van der Waals surface area contributed by atoms with E-state index in [4.69, 9.17) is 21.2 Å². The fourth-order valence-electron chi connectivity index (χ4n) is 3.85. The zero-order valence-corrected chi connectivity index (χ0v) is 22.4. The summed E-state index contributed by atoms with van der Waals surface area (Å²) in [5, 5.41) is 17.5. The van der Waals surface area contributed by atoms with Crippen LogP contribution in [0.2, 0.25) is 0 Å². The summed E-state index contributed by atoms with van der Waals surface area (Å²) in [4.78, 5) is 48.9. The predicted octanol–water partition coefficient (Wildman–Crippen LogP) is -0.0750. The minimum atomic E-state index is -1.21. The van der Waals surface area contributed by atoms with E-state index in [1.165, 1.54) is 47.3 Å². The number of rotatable bonds is 9. The van der Waals surface area contributed by atoms with Gasteiger partial charge in [-0.15, -0.1) is 34.9 Å². The molecule has 0 radical (unpaired) electrons. The maximum atomic E-state index is 13.0. The molecule has 37 heavy (non-hydrogen) atoms. The number of amides is 2. The van der Waals surface area contributed by atoms with Gasteiger partial charge in [-0.2, -0.15) is 0 Å². The first kappa shape index (κ1) is 26.6. The summed E-state index contributed by atoms with van der Waals surface area (Å²) < 4.78 is 6.90. The van der Waals surface area contributed by atoms with Crippen molar-refractivity contribution in [1.29, 1.82) is 0 Å². The molecule has 1 saturated heterocycles. The van der Waals surface area contributed by atoms with Crippen LogP contribution in [0.4, 0.5) is 5.13 Å². The number of aromatic nitrogens is 2. The number of methoxy groups -OCH3 is 1. The van der Waals surface area contributed by atoms with E-state index in [2.05, 4.69) is 15.5 Å². The van der Waals surface area contributed by atoms with Crippen LogP contribution in [-0.4, -0.2) is 75.6 Å². The molecule has 4 heterocycles. The lowest BCUT2D eigenvalue weighted by atomic mass is 10.0. The Morgan fingerprint density at radius 1 is 1.43 bits per heavy atom. The average molecular weight is 567 g/mol. The van der Waals surface area contributed by atoms with Gasteiger partial charge in [0.05, 0.1) is 12.0 Å². The Bertz CT molecular complexity index is 1330. The number of carbonyl (C=O) groups excluding carboxylic acids is 2. The van der Waals surface area contributed by atoms with Gasteiger partial charge in [-0.05, 0) is 5.57 Å². The number of nitrogens with one attached hydrogen (secondary N) is 1. The van der Waals surface area contributed by atoms with Crippen LogP contribution in [-0.2, 0) is 19.2 Å². The highest BCUT2D eigenvalue weighted by atomic mass is 32.2. The first-order chi connectivity index (χ1) is 17.7. The lowest BCUT2D eigenvalue weighted by Gasteiger charge is -2.49. The Morgan fingerprint density at radius 2 is 2.19 bits per heavy atom. The largest absolute Gasteiger partial charge is 0.490 e. The molecule has 2 atom stereocenters. The SMILES string of the molecule is CO/N=C(\C(=O)N[C@@H]1C(=O)N2C(C(=O)O)=C(CSc3cc[n+](N)c(C)c3OC)CS[C@H]12)c1csc(N)n1. The number of carboxylic acids is 1. The van der Waals surface area contributed by atoms with Gasteiger partial charge >= 0.3 is 5.97 Å². The third-order valence-electron chi connectivity index (χ3n) is 5.63. The number of anilines is 1. The van der Waals surface area contributed by atoms with Crippen LogP contribution in [0.25, 0.3) is 0 Å². The molecule has 16 heteroatoms. The summed E-state index contributed by atoms with van der Waals surface area (Å²) in [6, 6.07) is 0.849. The highest BCUT2D eigenvalue weighted by molar-refractivity contribution is 8.01. The number of carboxylic acid groups (broad SMARTS) is 1. The second kappa shape index (κ2) is 10.9. The van der Waals surface area contributed by atoms with Crippen LogP contribution in [0, 0.1) is 6.92 Å². The van der Waals surface area contributed by atoms with Gasteiger partial charge in [-0.1, -0.05) is 9.83 Å². The molecule has 2 amide bonds. The van der Waals surface area contributed by atoms with Crippen LogP contribution in [0.3, 0.4) is 0 Å². The molecular formula is C21H24N7O6S3+. The number of thiazole rings is 1. The number of nitrogens with zero attached hydrogens (tertiary/aromatic N) is 4. The summed E-state index contributed by atoms with van der Waals surface area (Å²) in [6.45, 7) is 1.81. The Labute approximate surface area is 223 Å². The van der Waals surface area contributed by atoms with E-state index < -0.39 is 29.2 Å². The monoisotopic (exact) mass is 566 g/mol. The standard InChI is InChI=1S/C21H23N7O6S3/c1-9-16(33-2)12(4-5-27(9)23)35-6-10-7-36-19-14(18(30)28(19)15(10)20(31)32)25-17(29)13(26-34-3)11-8-37-21(22)24-11/h4-5,8,14,19H,6-7,23H2,1-3H3,(H3-,22,24,25,29,31,32)/p+1/b26-13-/t14-,19-/m1/s1. The van der Waals surface area contributed by atoms with Crippen LogP contribution in [0.1, 0.15) is 11.4 Å². The molecule has 0 bridgehead atoms. The number of nitrogen functional groups attached to an aromatic ring is 2. The minimum absolute atomic E-state index is 0.0784. The van der Waals surface area contributed by atoms with Gasteiger partial charge in [-0.3, -0.25) is 14.5 Å². The van der Waals surface area contributed by atoms with Gasteiger partial charge in [0.1, 0.15) is 29.9 Å². The zero-order chi connectivity index (χ0) is 26.9. The van der Waals surface area contributed by atoms with Crippen LogP contribution in [0.5, 0.6) is 5.75 Å². The van der Waals surface area contributed by atoms with Gasteiger partial charge in [0, 0.05) is 29.9 Å². The summed E-state index contributed by atoms with van der Waals surface area (Å²) in [5.41, 5.74) is 6.94. The lowest BCUT2D eigenvalue weighted by Crippen LogP contribution is -2.71. The van der Waals surface area contributed by atoms with Gasteiger partial charge in [0.25, 0.3) is 17.5 Å². The number of fused-ring (bicyclic) bond motifs is 1. The zero-order valence-electron chi connectivity index (χ0n) is 20.0. The number of thioether (sulfide) groups is 2. The van der Waals surface area contributed by atoms with Crippen molar-refractivity contribution in [2.75, 3.05) is 37.3 Å². The maximum Gasteiger partial charge on any atom is 0.352 e. The van der Waals surface area contributed by atoms with Crippen LogP contribution in [0.15, 0.2) is 39.0 Å². The number of aliphatic carboxylic acids is 1. The molecule has 2 aromatic heterocycles. The van der Waals surface area contributed by atoms with Crippen molar-refractivity contribution in [3.05, 3.63) is 40.3 Å². The number of nitrogens with two attached hydrogens (primary N) is 2. The normalized spacial score (nSPS) is 19.3. The van der Waals surface area contributed by atoms with Gasteiger partial charge in [0.15, 0.2) is 10.8 Å². The highest BCUT2D eigenvalue weighted by Crippen LogP contribution is 2.42. The van der Waals surface area contributed by atoms with Crippen LogP contribution < -0.4 is 26.3 Å². The molecule has 2 aromatic rings. The molecule has 0 aromatic carbocycles. The molecule has 0 saturated carbocycles. The number of hydrogen-bond donors (Lipinski definition) is 4. The summed E-state index contributed by atoms with van der Waals surface area (Å²) >= 11 is 3.88. The molecule has 0 unspecified atom stereocenters. The molecule has 1 fully saturated rings. The Kier molecular flexibility index (Phi) is 7.79. The van der Waals surface area contributed by atoms with E-state index in [-0.39, 0.29) is 22.2 Å². The first-order valence-electron chi connectivity index (χ1n) is 10.7. The third kappa shape index (κ3) is 5.03. The number of pyridine rings is 1. The highest BCUT2D eigenvalue weighted by Gasteiger charge is 2.54. The molecule has 2 aliphatic rings. The Hall–Kier alpha value is -3.50. The fraction of sp³-hybridized carbons (Fsp3) is 0.333. The molecule has 13 nitrogen and oxygen atoms in total. The van der Waals surface area contributed by atoms with E-state index in [9.17, 15) is 19.5 Å². The number of oxime groups is 1. The van der Waals surface area contributed by atoms with E-state index in [0.717, 1.165) is 16.2 Å². The number of β-lactam (4-membered cyclic amide) rings is 1. The van der Waals surface area contributed by atoms with Crippen molar-refractivity contribution >= 4 is 63.5 Å². The maximum absolute atomic E-state index is 13.0. The Morgan fingerprint density at radius 3 is 2.81 bits per heavy atom. The minimum Gasteiger partial charge on any atom is -0.490 e. The van der Waals surface area contributed by atoms with Crippen molar-refractivity contribution in [2.24, 2.45) is 5.16 Å². The van der Waals surface area contributed by atoms with Crippen molar-refractivity contribution in [3.8, 4) is 5.75 Å². The third-order valence-corrected chi connectivity index (χ3v) is 8.77. The van der Waals surface area contributed by atoms with Crippen molar-refractivity contribution in [3.63, 3.8) is 0 Å². The molecule has 0 aliphatic carbocycles.